The van der Waals surface area contributed by atoms with E-state index in [1.807, 2.05) is 17.0 Å². The fourth-order valence-electron chi connectivity index (χ4n) is 5.73. The monoisotopic (exact) mass is 489 g/mol. The number of fused-ring (bicyclic) bond motifs is 5. The van der Waals surface area contributed by atoms with E-state index in [-0.39, 0.29) is 5.69 Å². The molecule has 5 rings (SSSR count). The van der Waals surface area contributed by atoms with E-state index in [0.29, 0.717) is 24.2 Å². The molecule has 2 amide bonds. The van der Waals surface area contributed by atoms with Gasteiger partial charge in [-0.3, -0.25) is 9.59 Å². The van der Waals surface area contributed by atoms with Crippen molar-refractivity contribution in [2.24, 2.45) is 11.8 Å². The first-order valence-corrected chi connectivity index (χ1v) is 11.0. The molecular formula is C24H19ClF3N3O3. The predicted molar refractivity (Wildman–Crippen MR) is 117 cm³/mol. The molecule has 3 fully saturated rings. The number of nitrogens with zero attached hydrogens (tertiary/aromatic N) is 3. The Morgan fingerprint density at radius 1 is 1.00 bits per heavy atom. The standard InChI is InChI=1S/C24H19ClF3N3O3/c1-22-11-30(15-7-4-14(25)5-8-15)12-23(2,34-22)19-18(22)20(32)31(21(19)33)16-6-3-13(10-29)17(9-16)24(26,27)28/h3-9,18-19H,11-12H2,1-2H3. The van der Waals surface area contributed by atoms with E-state index in [2.05, 4.69) is 0 Å². The summed E-state index contributed by atoms with van der Waals surface area (Å²) >= 11 is 6.00. The van der Waals surface area contributed by atoms with Crippen LogP contribution in [0.3, 0.4) is 0 Å². The number of imide groups is 1. The van der Waals surface area contributed by atoms with Crippen LogP contribution in [-0.4, -0.2) is 36.1 Å². The Bertz CT molecular complexity index is 1220. The molecule has 4 atom stereocenters. The summed E-state index contributed by atoms with van der Waals surface area (Å²) in [6.07, 6.45) is -4.81. The molecule has 3 aliphatic heterocycles. The summed E-state index contributed by atoms with van der Waals surface area (Å²) in [5.41, 5.74) is -3.16. The van der Waals surface area contributed by atoms with Crippen LogP contribution in [0.2, 0.25) is 5.02 Å². The minimum atomic E-state index is -4.81. The van der Waals surface area contributed by atoms with Gasteiger partial charge in [-0.2, -0.15) is 18.4 Å². The van der Waals surface area contributed by atoms with Crippen LogP contribution in [0.4, 0.5) is 24.5 Å². The molecule has 0 spiro atoms. The first kappa shape index (κ1) is 22.7. The molecule has 2 aromatic carbocycles. The molecule has 0 radical (unpaired) electrons. The zero-order valence-electron chi connectivity index (χ0n) is 18.2. The van der Waals surface area contributed by atoms with Crippen LogP contribution in [0.1, 0.15) is 25.0 Å². The fraction of sp³-hybridized carbons (Fsp3) is 0.375. The Hall–Kier alpha value is -3.09. The lowest BCUT2D eigenvalue weighted by molar-refractivity contribution is -0.142. The van der Waals surface area contributed by atoms with E-state index in [4.69, 9.17) is 21.6 Å². The van der Waals surface area contributed by atoms with Crippen LogP contribution in [0.25, 0.3) is 0 Å². The zero-order chi connectivity index (χ0) is 24.6. The number of amides is 2. The molecule has 10 heteroatoms. The summed E-state index contributed by atoms with van der Waals surface area (Å²) in [7, 11) is 0. The maximum Gasteiger partial charge on any atom is 0.417 e. The number of alkyl halides is 3. The van der Waals surface area contributed by atoms with Gasteiger partial charge >= 0.3 is 6.18 Å². The molecule has 6 nitrogen and oxygen atoms in total. The maximum absolute atomic E-state index is 13.5. The number of benzene rings is 2. The van der Waals surface area contributed by atoms with Crippen molar-refractivity contribution < 1.29 is 27.5 Å². The Morgan fingerprint density at radius 3 is 2.03 bits per heavy atom. The van der Waals surface area contributed by atoms with E-state index in [1.54, 1.807) is 26.0 Å². The van der Waals surface area contributed by atoms with E-state index in [9.17, 15) is 22.8 Å². The van der Waals surface area contributed by atoms with Crippen molar-refractivity contribution in [3.63, 3.8) is 0 Å². The predicted octanol–water partition coefficient (Wildman–Crippen LogP) is 4.40. The van der Waals surface area contributed by atoms with Crippen molar-refractivity contribution in [1.29, 1.82) is 5.26 Å². The lowest BCUT2D eigenvalue weighted by Crippen LogP contribution is -2.58. The summed E-state index contributed by atoms with van der Waals surface area (Å²) in [4.78, 5) is 29.9. The van der Waals surface area contributed by atoms with Crippen LogP contribution in [0.15, 0.2) is 42.5 Å². The molecule has 4 unspecified atom stereocenters. The van der Waals surface area contributed by atoms with Crippen LogP contribution in [0.5, 0.6) is 0 Å². The molecule has 34 heavy (non-hydrogen) atoms. The van der Waals surface area contributed by atoms with Gasteiger partial charge in [0.2, 0.25) is 11.8 Å². The molecule has 3 saturated heterocycles. The Balaban J connectivity index is 1.53. The molecule has 3 aliphatic rings. The highest BCUT2D eigenvalue weighted by atomic mass is 35.5. The average Bonchev–Trinajstić information content (AvgIpc) is 3.13. The van der Waals surface area contributed by atoms with Gasteiger partial charge in [0.25, 0.3) is 0 Å². The third kappa shape index (κ3) is 3.20. The van der Waals surface area contributed by atoms with E-state index < -0.39 is 52.2 Å². The van der Waals surface area contributed by atoms with Crippen molar-refractivity contribution in [3.8, 4) is 6.07 Å². The Labute approximate surface area is 198 Å². The first-order chi connectivity index (χ1) is 15.9. The van der Waals surface area contributed by atoms with Crippen LogP contribution in [-0.2, 0) is 20.5 Å². The van der Waals surface area contributed by atoms with Gasteiger partial charge in [0, 0.05) is 23.8 Å². The third-order valence-corrected chi connectivity index (χ3v) is 7.23. The molecule has 0 aromatic heterocycles. The molecule has 0 aliphatic carbocycles. The Kier molecular flexibility index (Phi) is 4.81. The van der Waals surface area contributed by atoms with Crippen molar-refractivity contribution in [1.82, 2.24) is 0 Å². The van der Waals surface area contributed by atoms with Gasteiger partial charge < -0.3 is 9.64 Å². The largest absolute Gasteiger partial charge is 0.417 e. The number of rotatable bonds is 2. The molecule has 3 heterocycles. The van der Waals surface area contributed by atoms with Crippen LogP contribution < -0.4 is 9.80 Å². The number of nitriles is 1. The second-order valence-corrected chi connectivity index (χ2v) is 9.80. The van der Waals surface area contributed by atoms with Gasteiger partial charge in [-0.1, -0.05) is 11.6 Å². The van der Waals surface area contributed by atoms with E-state index in [1.165, 1.54) is 12.1 Å². The zero-order valence-corrected chi connectivity index (χ0v) is 18.9. The van der Waals surface area contributed by atoms with Crippen LogP contribution in [0, 0.1) is 23.2 Å². The highest BCUT2D eigenvalue weighted by molar-refractivity contribution is 6.30. The molecule has 0 N–H and O–H groups in total. The number of carbonyl (C=O) groups is 2. The average molecular weight is 490 g/mol. The van der Waals surface area contributed by atoms with Crippen molar-refractivity contribution >= 4 is 34.8 Å². The summed E-state index contributed by atoms with van der Waals surface area (Å²) in [5, 5.41) is 9.64. The van der Waals surface area contributed by atoms with Crippen molar-refractivity contribution in [3.05, 3.63) is 58.6 Å². The maximum atomic E-state index is 13.5. The number of hydrogen-bond donors (Lipinski definition) is 0. The highest BCUT2D eigenvalue weighted by Crippen LogP contribution is 2.56. The molecule has 0 saturated carbocycles. The summed E-state index contributed by atoms with van der Waals surface area (Å²) in [6, 6.07) is 11.6. The van der Waals surface area contributed by atoms with Gasteiger partial charge in [0.05, 0.1) is 45.9 Å². The number of anilines is 2. The van der Waals surface area contributed by atoms with Gasteiger partial charge in [0.1, 0.15) is 0 Å². The van der Waals surface area contributed by atoms with Gasteiger partial charge in [-0.25, -0.2) is 4.90 Å². The molecular weight excluding hydrogens is 471 g/mol. The summed E-state index contributed by atoms with van der Waals surface area (Å²) in [5.74, 6) is -2.91. The smallest absolute Gasteiger partial charge is 0.366 e. The van der Waals surface area contributed by atoms with E-state index >= 15 is 0 Å². The van der Waals surface area contributed by atoms with Gasteiger partial charge in [-0.05, 0) is 56.3 Å². The topological polar surface area (TPSA) is 73.6 Å². The van der Waals surface area contributed by atoms with Crippen LogP contribution >= 0.6 is 11.6 Å². The number of carbonyl (C=O) groups excluding carboxylic acids is 2. The van der Waals surface area contributed by atoms with E-state index in [0.717, 1.165) is 16.7 Å². The minimum Gasteiger partial charge on any atom is -0.366 e. The lowest BCUT2D eigenvalue weighted by atomic mass is 9.79. The molecule has 2 aromatic rings. The minimum absolute atomic E-state index is 0.199. The number of morpholine rings is 1. The normalized spacial score (nSPS) is 30.5. The summed E-state index contributed by atoms with van der Waals surface area (Å²) in [6.45, 7) is 4.15. The Morgan fingerprint density at radius 2 is 1.53 bits per heavy atom. The van der Waals surface area contributed by atoms with Gasteiger partial charge in [-0.15, -0.1) is 0 Å². The lowest BCUT2D eigenvalue weighted by Gasteiger charge is -2.46. The SMILES string of the molecule is CC12CN(c3ccc(Cl)cc3)CC(C)(O1)C1C(=O)N(c3ccc(C#N)c(C(F)(F)F)c3)C(=O)C12. The summed E-state index contributed by atoms with van der Waals surface area (Å²) < 4.78 is 46.8. The molecule has 2 bridgehead atoms. The number of ether oxygens (including phenoxy) is 1. The first-order valence-electron chi connectivity index (χ1n) is 10.6. The molecule has 176 valence electrons. The number of halogens is 4. The third-order valence-electron chi connectivity index (χ3n) is 6.98. The fourth-order valence-corrected chi connectivity index (χ4v) is 5.85. The van der Waals surface area contributed by atoms with Gasteiger partial charge in [0.15, 0.2) is 0 Å². The second kappa shape index (κ2) is 7.20. The highest BCUT2D eigenvalue weighted by Gasteiger charge is 2.71. The van der Waals surface area contributed by atoms with Crippen molar-refractivity contribution in [2.45, 2.75) is 31.2 Å². The van der Waals surface area contributed by atoms with Crippen molar-refractivity contribution in [2.75, 3.05) is 22.9 Å². The quantitative estimate of drug-likeness (QED) is 0.584. The second-order valence-electron chi connectivity index (χ2n) is 9.37. The number of hydrogen-bond acceptors (Lipinski definition) is 5.